The second kappa shape index (κ2) is 7.61. The summed E-state index contributed by atoms with van der Waals surface area (Å²) in [5.41, 5.74) is 4.47. The second-order valence-electron chi connectivity index (χ2n) is 5.74. The van der Waals surface area contributed by atoms with Crippen LogP contribution in [-0.4, -0.2) is 9.78 Å². The van der Waals surface area contributed by atoms with E-state index in [-0.39, 0.29) is 24.0 Å². The molecule has 4 heteroatoms. The molecule has 0 aliphatic heterocycles. The number of aryl methyl sites for hydroxylation is 1. The molecule has 0 aliphatic carbocycles. The van der Waals surface area contributed by atoms with Crippen LogP contribution in [0.15, 0.2) is 91.3 Å². The van der Waals surface area contributed by atoms with Crippen molar-refractivity contribution in [3.63, 3.8) is 0 Å². The average Bonchev–Trinajstić information content (AvgIpc) is 3.09. The largest absolute Gasteiger partial charge is 1.00 e. The van der Waals surface area contributed by atoms with E-state index in [2.05, 4.69) is 47.9 Å². The number of aromatic nitrogens is 3. The Morgan fingerprint density at radius 1 is 0.760 bits per heavy atom. The van der Waals surface area contributed by atoms with E-state index in [1.807, 2.05) is 59.5 Å². The highest BCUT2D eigenvalue weighted by molar-refractivity contribution is 5.52. The van der Waals surface area contributed by atoms with Gasteiger partial charge in [0.2, 0.25) is 6.33 Å². The van der Waals surface area contributed by atoms with Gasteiger partial charge in [-0.15, -0.1) is 0 Å². The van der Waals surface area contributed by atoms with Crippen molar-refractivity contribution in [2.24, 2.45) is 0 Å². The van der Waals surface area contributed by atoms with Gasteiger partial charge in [0.15, 0.2) is 0 Å². The summed E-state index contributed by atoms with van der Waals surface area (Å²) in [6.07, 6.45) is 2.04. The van der Waals surface area contributed by atoms with Crippen LogP contribution in [0.1, 0.15) is 5.56 Å². The van der Waals surface area contributed by atoms with Gasteiger partial charge in [0.05, 0.1) is 10.7 Å². The molecule has 0 aliphatic rings. The molecule has 3 nitrogen and oxygen atoms in total. The Morgan fingerprint density at radius 3 is 2.04 bits per heavy atom. The van der Waals surface area contributed by atoms with E-state index < -0.39 is 0 Å². The van der Waals surface area contributed by atoms with E-state index in [0.29, 0.717) is 0 Å². The Hall–Kier alpha value is -2.47. The second-order valence-corrected chi connectivity index (χ2v) is 5.74. The van der Waals surface area contributed by atoms with Crippen LogP contribution in [0.3, 0.4) is 0 Å². The molecule has 4 rings (SSSR count). The lowest BCUT2D eigenvalue weighted by Crippen LogP contribution is -3.00. The van der Waals surface area contributed by atoms with E-state index in [1.54, 1.807) is 0 Å². The smallest absolute Gasteiger partial charge is 0.314 e. The van der Waals surface area contributed by atoms with Crippen LogP contribution < -0.4 is 28.5 Å². The van der Waals surface area contributed by atoms with Crippen molar-refractivity contribution in [3.05, 3.63) is 96.8 Å². The molecule has 0 unspecified atom stereocenters. The van der Waals surface area contributed by atoms with Crippen LogP contribution in [0.4, 0.5) is 0 Å². The highest BCUT2D eigenvalue weighted by Crippen LogP contribution is 2.18. The van der Waals surface area contributed by atoms with Crippen molar-refractivity contribution >= 4 is 0 Å². The minimum absolute atomic E-state index is 0. The van der Waals surface area contributed by atoms with E-state index in [1.165, 1.54) is 5.56 Å². The molecule has 0 atom stereocenters. The topological polar surface area (TPSA) is 21.7 Å². The van der Waals surface area contributed by atoms with Gasteiger partial charge in [-0.1, -0.05) is 59.3 Å². The molecule has 1 aromatic heterocycles. The summed E-state index contributed by atoms with van der Waals surface area (Å²) in [6.45, 7) is 2.10. The average molecular weight is 439 g/mol. The maximum atomic E-state index is 4.87. The summed E-state index contributed by atoms with van der Waals surface area (Å²) in [5, 5.41) is 4.87. The lowest BCUT2D eigenvalue weighted by molar-refractivity contribution is -0.584. The minimum atomic E-state index is 0. The quantitative estimate of drug-likeness (QED) is 0.347. The number of rotatable bonds is 3. The van der Waals surface area contributed by atoms with Crippen molar-refractivity contribution < 1.29 is 28.5 Å². The molecule has 0 fully saturated rings. The number of nitrogens with zero attached hydrogens (tertiary/aromatic N) is 3. The molecule has 0 radical (unpaired) electrons. The van der Waals surface area contributed by atoms with Gasteiger partial charge in [-0.05, 0) is 42.8 Å². The fourth-order valence-electron chi connectivity index (χ4n) is 2.84. The van der Waals surface area contributed by atoms with Crippen molar-refractivity contribution in [2.75, 3.05) is 0 Å². The first kappa shape index (κ1) is 17.4. The lowest BCUT2D eigenvalue weighted by Gasteiger charge is -1.99. The van der Waals surface area contributed by atoms with Crippen LogP contribution in [-0.2, 0) is 0 Å². The fourth-order valence-corrected chi connectivity index (χ4v) is 2.84. The summed E-state index contributed by atoms with van der Waals surface area (Å²) in [6, 6.07) is 28.9. The molecular weight excluding hydrogens is 421 g/mol. The zero-order valence-corrected chi connectivity index (χ0v) is 16.0. The van der Waals surface area contributed by atoms with Crippen LogP contribution in [0.2, 0.25) is 0 Å². The summed E-state index contributed by atoms with van der Waals surface area (Å²) in [5.74, 6) is 0.921. The number of hydrogen-bond donors (Lipinski definition) is 0. The Kier molecular flexibility index (Phi) is 5.28. The molecule has 0 amide bonds. The number of hydrogen-bond acceptors (Lipinski definition) is 1. The fraction of sp³-hybridized carbons (Fsp3) is 0.0476. The van der Waals surface area contributed by atoms with Gasteiger partial charge in [-0.3, -0.25) is 0 Å². The zero-order chi connectivity index (χ0) is 16.4. The Bertz CT molecular complexity index is 906. The maximum Gasteiger partial charge on any atom is 0.314 e. The molecule has 3 aromatic carbocycles. The molecule has 1 heterocycles. The van der Waals surface area contributed by atoms with Crippen LogP contribution >= 0.6 is 0 Å². The predicted molar refractivity (Wildman–Crippen MR) is 95.3 cm³/mol. The molecule has 0 bridgehead atoms. The molecule has 4 aromatic rings. The standard InChI is InChI=1S/C21H18N3.HI/c1-17-10-8-9-15-20(17)24-16-23(19-13-6-3-7-14-19)21(22-24)18-11-4-2-5-12-18;/h2-16H,1H3;1H/q+1;/p-1. The summed E-state index contributed by atoms with van der Waals surface area (Å²) in [4.78, 5) is 0. The first-order valence-corrected chi connectivity index (χ1v) is 8.01. The lowest BCUT2D eigenvalue weighted by atomic mass is 10.2. The third-order valence-electron chi connectivity index (χ3n) is 4.08. The van der Waals surface area contributed by atoms with Crippen molar-refractivity contribution in [1.29, 1.82) is 0 Å². The van der Waals surface area contributed by atoms with Gasteiger partial charge >= 0.3 is 5.82 Å². The molecule has 0 N–H and O–H groups in total. The SMILES string of the molecule is Cc1ccccc1-n1c[n+](-c2ccccc2)c(-c2ccccc2)n1.[I-]. The predicted octanol–water partition coefficient (Wildman–Crippen LogP) is 1.13. The highest BCUT2D eigenvalue weighted by Gasteiger charge is 2.21. The Morgan fingerprint density at radius 2 is 1.36 bits per heavy atom. The number of para-hydroxylation sites is 2. The molecule has 0 saturated carbocycles. The highest BCUT2D eigenvalue weighted by atomic mass is 127. The number of benzene rings is 3. The van der Waals surface area contributed by atoms with E-state index in [4.69, 9.17) is 5.10 Å². The van der Waals surface area contributed by atoms with Crippen molar-refractivity contribution in [1.82, 2.24) is 9.78 Å². The summed E-state index contributed by atoms with van der Waals surface area (Å²) >= 11 is 0. The van der Waals surface area contributed by atoms with Crippen molar-refractivity contribution in [3.8, 4) is 22.8 Å². The van der Waals surface area contributed by atoms with Crippen LogP contribution in [0.25, 0.3) is 22.8 Å². The van der Waals surface area contributed by atoms with Gasteiger partial charge in [-0.25, -0.2) is 0 Å². The third-order valence-corrected chi connectivity index (χ3v) is 4.08. The zero-order valence-electron chi connectivity index (χ0n) is 13.9. The molecule has 25 heavy (non-hydrogen) atoms. The van der Waals surface area contributed by atoms with Gasteiger partial charge < -0.3 is 24.0 Å². The summed E-state index contributed by atoms with van der Waals surface area (Å²) in [7, 11) is 0. The molecule has 0 saturated heterocycles. The van der Waals surface area contributed by atoms with Crippen molar-refractivity contribution in [2.45, 2.75) is 6.92 Å². The normalized spacial score (nSPS) is 10.3. The van der Waals surface area contributed by atoms with E-state index >= 15 is 0 Å². The van der Waals surface area contributed by atoms with Gasteiger partial charge in [0.25, 0.3) is 0 Å². The molecule has 124 valence electrons. The maximum absolute atomic E-state index is 4.87. The van der Waals surface area contributed by atoms with Crippen LogP contribution in [0.5, 0.6) is 0 Å². The molecular formula is C21H18IN3. The minimum Gasteiger partial charge on any atom is -1.00 e. The third kappa shape index (κ3) is 3.49. The summed E-state index contributed by atoms with van der Waals surface area (Å²) < 4.78 is 4.08. The first-order chi connectivity index (χ1) is 11.8. The number of halogens is 1. The van der Waals surface area contributed by atoms with Gasteiger partial charge in [0.1, 0.15) is 11.4 Å². The molecule has 0 spiro atoms. The first-order valence-electron chi connectivity index (χ1n) is 8.01. The Labute approximate surface area is 164 Å². The van der Waals surface area contributed by atoms with Gasteiger partial charge in [0, 0.05) is 0 Å². The van der Waals surface area contributed by atoms with Crippen LogP contribution in [0, 0.1) is 6.92 Å². The monoisotopic (exact) mass is 439 g/mol. The van der Waals surface area contributed by atoms with Gasteiger partial charge in [-0.2, -0.15) is 4.57 Å². The van der Waals surface area contributed by atoms with E-state index in [9.17, 15) is 0 Å². The van der Waals surface area contributed by atoms with E-state index in [0.717, 1.165) is 22.8 Å². The Balaban J connectivity index is 0.00000182.